The molecule has 0 aliphatic carbocycles. The van der Waals surface area contributed by atoms with Crippen LogP contribution >= 0.6 is 0 Å². The molecule has 1 saturated heterocycles. The molecule has 2 heterocycles. The second-order valence-electron chi connectivity index (χ2n) is 8.95. The average molecular weight is 442 g/mol. The van der Waals surface area contributed by atoms with E-state index in [4.69, 9.17) is 0 Å². The molecule has 5 heteroatoms. The third kappa shape index (κ3) is 5.14. The molecular weight excluding hydrogens is 410 g/mol. The van der Waals surface area contributed by atoms with Gasteiger partial charge in [-0.15, -0.1) is 0 Å². The summed E-state index contributed by atoms with van der Waals surface area (Å²) in [6.45, 7) is 5.62. The first-order chi connectivity index (χ1) is 16.0. The Bertz CT molecular complexity index is 1130. The fourth-order valence-electron chi connectivity index (χ4n) is 4.77. The number of likely N-dealkylation sites (tertiary alicyclic amines) is 1. The SMILES string of the molecule is CCNC(=O)[C@@]1(Cc2ccccc2-c2cccc(C)c2)CCN(C(=O)Cc2cccnc2)C1. The van der Waals surface area contributed by atoms with Gasteiger partial charge in [0.2, 0.25) is 11.8 Å². The molecule has 1 aromatic heterocycles. The number of hydrogen-bond donors (Lipinski definition) is 1. The molecule has 1 atom stereocenters. The number of amides is 2. The Morgan fingerprint density at radius 1 is 1.09 bits per heavy atom. The number of nitrogens with one attached hydrogen (secondary N) is 1. The van der Waals surface area contributed by atoms with Crippen molar-refractivity contribution in [3.05, 3.63) is 89.7 Å². The summed E-state index contributed by atoms with van der Waals surface area (Å²) in [6, 6.07) is 20.5. The molecule has 170 valence electrons. The number of pyridine rings is 1. The predicted molar refractivity (Wildman–Crippen MR) is 131 cm³/mol. The Kier molecular flexibility index (Phi) is 6.87. The molecule has 3 aromatic rings. The van der Waals surface area contributed by atoms with Crippen LogP contribution in [0.3, 0.4) is 0 Å². The highest BCUT2D eigenvalue weighted by atomic mass is 16.2. The molecule has 1 fully saturated rings. The molecule has 0 bridgehead atoms. The van der Waals surface area contributed by atoms with Crippen LogP contribution in [0.1, 0.15) is 30.0 Å². The number of hydrogen-bond acceptors (Lipinski definition) is 3. The van der Waals surface area contributed by atoms with Gasteiger partial charge < -0.3 is 10.2 Å². The summed E-state index contributed by atoms with van der Waals surface area (Å²) >= 11 is 0. The largest absolute Gasteiger partial charge is 0.356 e. The van der Waals surface area contributed by atoms with Gasteiger partial charge in [-0.25, -0.2) is 0 Å². The van der Waals surface area contributed by atoms with Gasteiger partial charge in [-0.2, -0.15) is 0 Å². The van der Waals surface area contributed by atoms with Crippen molar-refractivity contribution in [3.63, 3.8) is 0 Å². The molecular formula is C28H31N3O2. The second-order valence-corrected chi connectivity index (χ2v) is 8.95. The standard InChI is InChI=1S/C28H31N3O2/c1-3-30-27(33)28(13-15-31(20-28)26(32)17-22-9-7-14-29-19-22)18-24-10-4-5-12-25(24)23-11-6-8-21(2)16-23/h4-12,14,16,19H,3,13,15,17-18,20H2,1-2H3,(H,30,33)/t28-/m1/s1. The fourth-order valence-corrected chi connectivity index (χ4v) is 4.77. The molecule has 0 unspecified atom stereocenters. The number of benzene rings is 2. The second kappa shape index (κ2) is 9.99. The van der Waals surface area contributed by atoms with Crippen LogP contribution in [-0.4, -0.2) is 41.3 Å². The van der Waals surface area contributed by atoms with E-state index in [9.17, 15) is 9.59 Å². The highest BCUT2D eigenvalue weighted by Gasteiger charge is 2.46. The number of nitrogens with zero attached hydrogens (tertiary/aromatic N) is 2. The van der Waals surface area contributed by atoms with Gasteiger partial charge in [0.15, 0.2) is 0 Å². The number of carbonyl (C=O) groups is 2. The van der Waals surface area contributed by atoms with E-state index in [2.05, 4.69) is 53.6 Å². The minimum atomic E-state index is -0.638. The third-order valence-corrected chi connectivity index (χ3v) is 6.48. The Hall–Kier alpha value is -3.47. The van der Waals surface area contributed by atoms with Crippen LogP contribution in [0.2, 0.25) is 0 Å². The maximum atomic E-state index is 13.3. The monoisotopic (exact) mass is 441 g/mol. The van der Waals surface area contributed by atoms with Crippen LogP contribution in [0.25, 0.3) is 11.1 Å². The average Bonchev–Trinajstić information content (AvgIpc) is 3.26. The van der Waals surface area contributed by atoms with Crippen LogP contribution < -0.4 is 5.32 Å². The summed E-state index contributed by atoms with van der Waals surface area (Å²) in [7, 11) is 0. The zero-order chi connectivity index (χ0) is 23.3. The summed E-state index contributed by atoms with van der Waals surface area (Å²) < 4.78 is 0. The van der Waals surface area contributed by atoms with E-state index in [1.165, 1.54) is 5.56 Å². The number of rotatable bonds is 7. The summed E-state index contributed by atoms with van der Waals surface area (Å²) in [6.07, 6.45) is 4.98. The molecule has 0 radical (unpaired) electrons. The molecule has 33 heavy (non-hydrogen) atoms. The van der Waals surface area contributed by atoms with Crippen LogP contribution in [0, 0.1) is 12.3 Å². The van der Waals surface area contributed by atoms with Crippen molar-refractivity contribution in [1.82, 2.24) is 15.2 Å². The topological polar surface area (TPSA) is 62.3 Å². The van der Waals surface area contributed by atoms with E-state index in [1.54, 1.807) is 12.4 Å². The predicted octanol–water partition coefficient (Wildman–Crippen LogP) is 4.20. The van der Waals surface area contributed by atoms with Crippen LogP contribution in [0.5, 0.6) is 0 Å². The van der Waals surface area contributed by atoms with Gasteiger partial charge >= 0.3 is 0 Å². The van der Waals surface area contributed by atoms with E-state index >= 15 is 0 Å². The first kappa shape index (κ1) is 22.7. The molecule has 2 amide bonds. The van der Waals surface area contributed by atoms with Gasteiger partial charge in [-0.1, -0.05) is 60.2 Å². The normalized spacial score (nSPS) is 17.7. The van der Waals surface area contributed by atoms with Gasteiger partial charge in [-0.3, -0.25) is 14.6 Å². The highest BCUT2D eigenvalue weighted by Crippen LogP contribution is 2.38. The number of carbonyl (C=O) groups excluding carboxylic acids is 2. The van der Waals surface area contributed by atoms with E-state index in [0.717, 1.165) is 22.3 Å². The number of aromatic nitrogens is 1. The van der Waals surface area contributed by atoms with Gasteiger partial charge in [0.25, 0.3) is 0 Å². The van der Waals surface area contributed by atoms with Gasteiger partial charge in [-0.05, 0) is 55.0 Å². The molecule has 0 spiro atoms. The van der Waals surface area contributed by atoms with E-state index in [-0.39, 0.29) is 11.8 Å². The molecule has 1 aliphatic heterocycles. The minimum absolute atomic E-state index is 0.0284. The lowest BCUT2D eigenvalue weighted by molar-refractivity contribution is -0.132. The lowest BCUT2D eigenvalue weighted by atomic mass is 9.78. The summed E-state index contributed by atoms with van der Waals surface area (Å²) in [4.78, 5) is 32.3. The lowest BCUT2D eigenvalue weighted by Gasteiger charge is -2.29. The Morgan fingerprint density at radius 2 is 1.94 bits per heavy atom. The summed E-state index contributed by atoms with van der Waals surface area (Å²) in [5.41, 5.74) is 4.89. The lowest BCUT2D eigenvalue weighted by Crippen LogP contribution is -2.45. The third-order valence-electron chi connectivity index (χ3n) is 6.48. The Morgan fingerprint density at radius 3 is 2.70 bits per heavy atom. The van der Waals surface area contributed by atoms with E-state index < -0.39 is 5.41 Å². The molecule has 0 saturated carbocycles. The summed E-state index contributed by atoms with van der Waals surface area (Å²) in [5, 5.41) is 3.04. The highest BCUT2D eigenvalue weighted by molar-refractivity contribution is 5.86. The Balaban J connectivity index is 1.61. The minimum Gasteiger partial charge on any atom is -0.356 e. The molecule has 2 aromatic carbocycles. The van der Waals surface area contributed by atoms with Gasteiger partial charge in [0, 0.05) is 32.0 Å². The smallest absolute Gasteiger partial charge is 0.228 e. The van der Waals surface area contributed by atoms with Crippen LogP contribution in [-0.2, 0) is 22.4 Å². The maximum absolute atomic E-state index is 13.3. The van der Waals surface area contributed by atoms with Crippen LogP contribution in [0.15, 0.2) is 73.1 Å². The van der Waals surface area contributed by atoms with E-state index in [0.29, 0.717) is 38.9 Å². The fraction of sp³-hybridized carbons (Fsp3) is 0.321. The Labute approximate surface area is 195 Å². The van der Waals surface area contributed by atoms with Crippen molar-refractivity contribution in [2.75, 3.05) is 19.6 Å². The quantitative estimate of drug-likeness (QED) is 0.598. The first-order valence-corrected chi connectivity index (χ1v) is 11.6. The maximum Gasteiger partial charge on any atom is 0.228 e. The number of aryl methyl sites for hydroxylation is 1. The van der Waals surface area contributed by atoms with Crippen molar-refractivity contribution < 1.29 is 9.59 Å². The van der Waals surface area contributed by atoms with Crippen molar-refractivity contribution >= 4 is 11.8 Å². The van der Waals surface area contributed by atoms with Gasteiger partial charge in [0.05, 0.1) is 11.8 Å². The molecule has 5 nitrogen and oxygen atoms in total. The van der Waals surface area contributed by atoms with Crippen molar-refractivity contribution in [2.24, 2.45) is 5.41 Å². The van der Waals surface area contributed by atoms with Gasteiger partial charge in [0.1, 0.15) is 0 Å². The zero-order valence-electron chi connectivity index (χ0n) is 19.4. The molecule has 4 rings (SSSR count). The summed E-state index contributed by atoms with van der Waals surface area (Å²) in [5.74, 6) is 0.0712. The van der Waals surface area contributed by atoms with E-state index in [1.807, 2.05) is 36.1 Å². The first-order valence-electron chi connectivity index (χ1n) is 11.6. The van der Waals surface area contributed by atoms with Crippen molar-refractivity contribution in [3.8, 4) is 11.1 Å². The van der Waals surface area contributed by atoms with Crippen molar-refractivity contribution in [1.29, 1.82) is 0 Å². The van der Waals surface area contributed by atoms with Crippen LogP contribution in [0.4, 0.5) is 0 Å². The zero-order valence-corrected chi connectivity index (χ0v) is 19.4. The van der Waals surface area contributed by atoms with Crippen molar-refractivity contribution in [2.45, 2.75) is 33.1 Å². The molecule has 1 N–H and O–H groups in total. The molecule has 1 aliphatic rings.